The van der Waals surface area contributed by atoms with Gasteiger partial charge in [-0.1, -0.05) is 18.2 Å². The molecule has 7 heteroatoms. The number of carbonyl (C=O) groups is 1. The minimum atomic E-state index is -1.00. The Bertz CT molecular complexity index is 895. The first-order valence-electron chi connectivity index (χ1n) is 6.30. The standard InChI is InChI=1S/C14H12N4O3/c1-8-16-13(18(17-8)7-12(19)20)11-6-15-14(21)10-5-3-2-4-9(10)11/h2-6H,7H2,1H3,(H,15,21)(H,19,20). The molecule has 1 aromatic carbocycles. The van der Waals surface area contributed by atoms with Crippen LogP contribution in [0.1, 0.15) is 5.82 Å². The van der Waals surface area contributed by atoms with Crippen LogP contribution in [0.3, 0.4) is 0 Å². The zero-order valence-corrected chi connectivity index (χ0v) is 11.2. The molecule has 0 amide bonds. The second-order valence-corrected chi connectivity index (χ2v) is 4.61. The number of aliphatic carboxylic acids is 1. The van der Waals surface area contributed by atoms with Gasteiger partial charge in [0, 0.05) is 17.1 Å². The van der Waals surface area contributed by atoms with Gasteiger partial charge in [0.1, 0.15) is 12.4 Å². The van der Waals surface area contributed by atoms with Crippen LogP contribution in [0.4, 0.5) is 0 Å². The molecule has 7 nitrogen and oxygen atoms in total. The molecule has 106 valence electrons. The average molecular weight is 284 g/mol. The molecule has 0 unspecified atom stereocenters. The molecule has 0 radical (unpaired) electrons. The molecule has 21 heavy (non-hydrogen) atoms. The highest BCUT2D eigenvalue weighted by atomic mass is 16.4. The molecule has 0 saturated carbocycles. The fraction of sp³-hybridized carbons (Fsp3) is 0.143. The number of aromatic amines is 1. The maximum absolute atomic E-state index is 11.8. The van der Waals surface area contributed by atoms with E-state index >= 15 is 0 Å². The summed E-state index contributed by atoms with van der Waals surface area (Å²) >= 11 is 0. The summed E-state index contributed by atoms with van der Waals surface area (Å²) in [6.45, 7) is 1.40. The van der Waals surface area contributed by atoms with E-state index in [1.165, 1.54) is 10.9 Å². The molecule has 0 saturated heterocycles. The van der Waals surface area contributed by atoms with E-state index < -0.39 is 5.97 Å². The van der Waals surface area contributed by atoms with Gasteiger partial charge in [0.2, 0.25) is 0 Å². The van der Waals surface area contributed by atoms with Crippen molar-refractivity contribution < 1.29 is 9.90 Å². The van der Waals surface area contributed by atoms with Crippen LogP contribution in [0.15, 0.2) is 35.3 Å². The van der Waals surface area contributed by atoms with E-state index in [4.69, 9.17) is 5.11 Å². The van der Waals surface area contributed by atoms with E-state index in [0.29, 0.717) is 28.0 Å². The van der Waals surface area contributed by atoms with Gasteiger partial charge in [-0.05, 0) is 18.4 Å². The van der Waals surface area contributed by atoms with Gasteiger partial charge in [0.25, 0.3) is 5.56 Å². The molecule has 3 rings (SSSR count). The summed E-state index contributed by atoms with van der Waals surface area (Å²) in [5.74, 6) is -0.112. The molecule has 0 aliphatic heterocycles. The van der Waals surface area contributed by atoms with Crippen molar-refractivity contribution >= 4 is 16.7 Å². The first-order valence-corrected chi connectivity index (χ1v) is 6.30. The number of fused-ring (bicyclic) bond motifs is 1. The lowest BCUT2D eigenvalue weighted by molar-refractivity contribution is -0.137. The number of rotatable bonds is 3. The van der Waals surface area contributed by atoms with Gasteiger partial charge in [0.15, 0.2) is 5.82 Å². The van der Waals surface area contributed by atoms with Crippen LogP contribution < -0.4 is 5.56 Å². The Morgan fingerprint density at radius 1 is 1.33 bits per heavy atom. The van der Waals surface area contributed by atoms with Crippen molar-refractivity contribution in [3.8, 4) is 11.4 Å². The smallest absolute Gasteiger partial charge is 0.325 e. The topological polar surface area (TPSA) is 101 Å². The number of aromatic nitrogens is 4. The van der Waals surface area contributed by atoms with Crippen LogP contribution >= 0.6 is 0 Å². The third-order valence-corrected chi connectivity index (χ3v) is 3.11. The number of carboxylic acid groups (broad SMARTS) is 1. The summed E-state index contributed by atoms with van der Waals surface area (Å²) < 4.78 is 1.32. The van der Waals surface area contributed by atoms with Gasteiger partial charge in [-0.3, -0.25) is 9.59 Å². The third kappa shape index (κ3) is 2.29. The van der Waals surface area contributed by atoms with Crippen molar-refractivity contribution in [2.45, 2.75) is 13.5 Å². The number of hydrogen-bond acceptors (Lipinski definition) is 4. The summed E-state index contributed by atoms with van der Waals surface area (Å²) in [5.41, 5.74) is 0.447. The van der Waals surface area contributed by atoms with Crippen LogP contribution in [-0.2, 0) is 11.3 Å². The number of nitrogens with zero attached hydrogens (tertiary/aromatic N) is 3. The van der Waals surface area contributed by atoms with E-state index in [1.807, 2.05) is 6.07 Å². The zero-order chi connectivity index (χ0) is 15.0. The van der Waals surface area contributed by atoms with Crippen molar-refractivity contribution in [2.24, 2.45) is 0 Å². The third-order valence-electron chi connectivity index (χ3n) is 3.11. The Morgan fingerprint density at radius 2 is 2.05 bits per heavy atom. The minimum Gasteiger partial charge on any atom is -0.480 e. The summed E-state index contributed by atoms with van der Waals surface area (Å²) in [4.78, 5) is 29.7. The molecule has 2 N–H and O–H groups in total. The van der Waals surface area contributed by atoms with Gasteiger partial charge in [0.05, 0.1) is 0 Å². The van der Waals surface area contributed by atoms with Crippen molar-refractivity contribution in [2.75, 3.05) is 0 Å². The predicted octanol–water partition coefficient (Wildman–Crippen LogP) is 1.18. The van der Waals surface area contributed by atoms with Crippen molar-refractivity contribution in [3.05, 3.63) is 46.6 Å². The Labute approximate surface area is 118 Å². The lowest BCUT2D eigenvalue weighted by Gasteiger charge is -2.06. The number of H-pyrrole nitrogens is 1. The minimum absolute atomic E-state index is 0.199. The SMILES string of the molecule is Cc1nc(-c2c[nH]c(=O)c3ccccc23)n(CC(=O)O)n1. The highest BCUT2D eigenvalue weighted by Gasteiger charge is 2.15. The molecule has 0 bridgehead atoms. The number of pyridine rings is 1. The monoisotopic (exact) mass is 284 g/mol. The number of aryl methyl sites for hydroxylation is 1. The maximum atomic E-state index is 11.8. The normalized spacial score (nSPS) is 10.9. The summed E-state index contributed by atoms with van der Waals surface area (Å²) in [6.07, 6.45) is 1.53. The first-order chi connectivity index (χ1) is 10.1. The molecule has 0 aliphatic carbocycles. The van der Waals surface area contributed by atoms with Crippen LogP contribution in [0.2, 0.25) is 0 Å². The van der Waals surface area contributed by atoms with E-state index in [2.05, 4.69) is 15.1 Å². The van der Waals surface area contributed by atoms with Crippen molar-refractivity contribution in [3.63, 3.8) is 0 Å². The summed E-state index contributed by atoms with van der Waals surface area (Å²) in [6, 6.07) is 7.10. The lowest BCUT2D eigenvalue weighted by atomic mass is 10.1. The van der Waals surface area contributed by atoms with E-state index in [-0.39, 0.29) is 12.1 Å². The van der Waals surface area contributed by atoms with E-state index in [0.717, 1.165) is 0 Å². The lowest BCUT2D eigenvalue weighted by Crippen LogP contribution is -2.13. The number of hydrogen-bond donors (Lipinski definition) is 2. The molecular formula is C14H12N4O3. The fourth-order valence-corrected chi connectivity index (χ4v) is 2.29. The van der Waals surface area contributed by atoms with E-state index in [1.54, 1.807) is 25.1 Å². The van der Waals surface area contributed by atoms with Crippen LogP contribution in [0, 0.1) is 6.92 Å². The Hall–Kier alpha value is -2.96. The van der Waals surface area contributed by atoms with Crippen molar-refractivity contribution in [1.82, 2.24) is 19.7 Å². The summed E-state index contributed by atoms with van der Waals surface area (Å²) in [7, 11) is 0. The molecule has 2 heterocycles. The van der Waals surface area contributed by atoms with Crippen LogP contribution in [0.25, 0.3) is 22.2 Å². The van der Waals surface area contributed by atoms with Gasteiger partial charge < -0.3 is 10.1 Å². The second-order valence-electron chi connectivity index (χ2n) is 4.61. The Morgan fingerprint density at radius 3 is 2.76 bits per heavy atom. The molecular weight excluding hydrogens is 272 g/mol. The predicted molar refractivity (Wildman–Crippen MR) is 76.0 cm³/mol. The average Bonchev–Trinajstić information content (AvgIpc) is 2.79. The van der Waals surface area contributed by atoms with Crippen molar-refractivity contribution in [1.29, 1.82) is 0 Å². The highest BCUT2D eigenvalue weighted by Crippen LogP contribution is 2.24. The van der Waals surface area contributed by atoms with Gasteiger partial charge >= 0.3 is 5.97 Å². The van der Waals surface area contributed by atoms with Gasteiger partial charge in [-0.2, -0.15) is 5.10 Å². The Balaban J connectivity index is 2.29. The fourth-order valence-electron chi connectivity index (χ4n) is 2.29. The number of benzene rings is 1. The Kier molecular flexibility index (Phi) is 3.02. The van der Waals surface area contributed by atoms with Crippen LogP contribution in [-0.4, -0.2) is 30.8 Å². The second kappa shape index (κ2) is 4.86. The highest BCUT2D eigenvalue weighted by molar-refractivity contribution is 5.94. The largest absolute Gasteiger partial charge is 0.480 e. The zero-order valence-electron chi connectivity index (χ0n) is 11.2. The number of nitrogens with one attached hydrogen (secondary N) is 1. The molecule has 0 spiro atoms. The van der Waals surface area contributed by atoms with Gasteiger partial charge in [-0.15, -0.1) is 0 Å². The van der Waals surface area contributed by atoms with Crippen LogP contribution in [0.5, 0.6) is 0 Å². The van der Waals surface area contributed by atoms with E-state index in [9.17, 15) is 9.59 Å². The molecule has 2 aromatic heterocycles. The molecule has 3 aromatic rings. The first kappa shape index (κ1) is 13.0. The molecule has 0 atom stereocenters. The number of carboxylic acids is 1. The summed E-state index contributed by atoms with van der Waals surface area (Å²) in [5, 5.41) is 14.3. The quantitative estimate of drug-likeness (QED) is 0.752. The maximum Gasteiger partial charge on any atom is 0.325 e. The molecule has 0 fully saturated rings. The van der Waals surface area contributed by atoms with Gasteiger partial charge in [-0.25, -0.2) is 9.67 Å². The molecule has 0 aliphatic rings.